The highest BCUT2D eigenvalue weighted by molar-refractivity contribution is 7.99. The molecule has 26 heavy (non-hydrogen) atoms. The average Bonchev–Trinajstić information content (AvgIpc) is 3.00. The highest BCUT2D eigenvalue weighted by Gasteiger charge is 2.15. The number of Topliss-reactive ketones (excluding diaryl/α,β-unsaturated/α-hetero) is 1. The van der Waals surface area contributed by atoms with E-state index in [1.807, 2.05) is 54.0 Å². The minimum Gasteiger partial charge on any atom is -0.293 e. The standard InChI is InChI=1S/C21H23N3OS/c1-14(2)17-9-11-18(12-10-17)20(25)13-26-21-23-22-16(4)24(21)19-8-6-5-7-15(19)3/h5-12,14H,13H2,1-4H3. The number of nitrogens with zero attached hydrogens (tertiary/aromatic N) is 3. The molecule has 134 valence electrons. The Morgan fingerprint density at radius 2 is 1.73 bits per heavy atom. The maximum absolute atomic E-state index is 12.5. The number of ketones is 1. The van der Waals surface area contributed by atoms with Crippen molar-refractivity contribution in [1.82, 2.24) is 14.8 Å². The first kappa shape index (κ1) is 18.4. The predicted molar refractivity (Wildman–Crippen MR) is 106 cm³/mol. The third-order valence-electron chi connectivity index (χ3n) is 4.38. The Morgan fingerprint density at radius 1 is 1.04 bits per heavy atom. The molecule has 1 heterocycles. The Balaban J connectivity index is 1.76. The number of aromatic nitrogens is 3. The van der Waals surface area contributed by atoms with Gasteiger partial charge in [0.1, 0.15) is 5.82 Å². The summed E-state index contributed by atoms with van der Waals surface area (Å²) in [5.41, 5.74) is 4.17. The summed E-state index contributed by atoms with van der Waals surface area (Å²) < 4.78 is 2.01. The predicted octanol–water partition coefficient (Wildman–Crippen LogP) is 4.98. The molecule has 1 aromatic heterocycles. The maximum atomic E-state index is 12.5. The first-order chi connectivity index (χ1) is 12.5. The lowest BCUT2D eigenvalue weighted by atomic mass is 10.0. The van der Waals surface area contributed by atoms with E-state index in [1.165, 1.54) is 17.3 Å². The number of para-hydroxylation sites is 1. The Hall–Kier alpha value is -2.40. The molecular formula is C21H23N3OS. The van der Waals surface area contributed by atoms with Crippen molar-refractivity contribution < 1.29 is 4.79 Å². The molecule has 0 saturated carbocycles. The Bertz CT molecular complexity index is 913. The van der Waals surface area contributed by atoms with Gasteiger partial charge in [0.05, 0.1) is 11.4 Å². The van der Waals surface area contributed by atoms with Gasteiger partial charge in [0.25, 0.3) is 0 Å². The van der Waals surface area contributed by atoms with E-state index in [0.717, 1.165) is 27.8 Å². The van der Waals surface area contributed by atoms with E-state index in [9.17, 15) is 4.79 Å². The molecule has 0 bridgehead atoms. The van der Waals surface area contributed by atoms with E-state index < -0.39 is 0 Å². The summed E-state index contributed by atoms with van der Waals surface area (Å²) in [5, 5.41) is 9.20. The maximum Gasteiger partial charge on any atom is 0.196 e. The van der Waals surface area contributed by atoms with E-state index in [0.29, 0.717) is 11.7 Å². The lowest BCUT2D eigenvalue weighted by molar-refractivity contribution is 0.102. The lowest BCUT2D eigenvalue weighted by Gasteiger charge is -2.11. The third kappa shape index (κ3) is 3.88. The van der Waals surface area contributed by atoms with Crippen molar-refractivity contribution >= 4 is 17.5 Å². The van der Waals surface area contributed by atoms with E-state index >= 15 is 0 Å². The van der Waals surface area contributed by atoms with Gasteiger partial charge in [-0.1, -0.05) is 68.1 Å². The number of hydrogen-bond donors (Lipinski definition) is 0. The summed E-state index contributed by atoms with van der Waals surface area (Å²) in [6, 6.07) is 16.0. The number of rotatable bonds is 6. The molecule has 3 rings (SSSR count). The largest absolute Gasteiger partial charge is 0.293 e. The van der Waals surface area contributed by atoms with Crippen LogP contribution in [0.15, 0.2) is 53.7 Å². The minimum absolute atomic E-state index is 0.0993. The van der Waals surface area contributed by atoms with Gasteiger partial charge in [-0.3, -0.25) is 9.36 Å². The monoisotopic (exact) mass is 365 g/mol. The number of benzene rings is 2. The second kappa shape index (κ2) is 7.87. The van der Waals surface area contributed by atoms with Crippen molar-refractivity contribution in [3.63, 3.8) is 0 Å². The van der Waals surface area contributed by atoms with Crippen molar-refractivity contribution in [2.75, 3.05) is 5.75 Å². The average molecular weight is 366 g/mol. The summed E-state index contributed by atoms with van der Waals surface area (Å²) in [5.74, 6) is 1.72. The molecule has 0 radical (unpaired) electrons. The molecule has 0 fully saturated rings. The Labute approximate surface area is 158 Å². The van der Waals surface area contributed by atoms with Gasteiger partial charge in [-0.05, 0) is 37.0 Å². The molecular weight excluding hydrogens is 342 g/mol. The normalized spacial score (nSPS) is 11.1. The molecule has 0 aliphatic rings. The number of hydrogen-bond acceptors (Lipinski definition) is 4. The molecule has 2 aromatic carbocycles. The molecule has 0 aliphatic heterocycles. The smallest absolute Gasteiger partial charge is 0.196 e. The van der Waals surface area contributed by atoms with Crippen molar-refractivity contribution in [2.24, 2.45) is 0 Å². The van der Waals surface area contributed by atoms with Crippen LogP contribution in [0.1, 0.15) is 47.1 Å². The quantitative estimate of drug-likeness (QED) is 0.456. The number of aryl methyl sites for hydroxylation is 2. The fourth-order valence-electron chi connectivity index (χ4n) is 2.80. The second-order valence-corrected chi connectivity index (χ2v) is 7.58. The van der Waals surface area contributed by atoms with Crippen LogP contribution in [0.5, 0.6) is 0 Å². The Morgan fingerprint density at radius 3 is 2.38 bits per heavy atom. The molecule has 4 nitrogen and oxygen atoms in total. The Kier molecular flexibility index (Phi) is 5.57. The molecule has 0 spiro atoms. The van der Waals surface area contributed by atoms with Gasteiger partial charge >= 0.3 is 0 Å². The van der Waals surface area contributed by atoms with E-state index in [-0.39, 0.29) is 5.78 Å². The van der Waals surface area contributed by atoms with E-state index in [1.54, 1.807) is 0 Å². The molecule has 0 amide bonds. The van der Waals surface area contributed by atoms with Crippen LogP contribution in [0.3, 0.4) is 0 Å². The second-order valence-electron chi connectivity index (χ2n) is 6.64. The molecule has 3 aromatic rings. The highest BCUT2D eigenvalue weighted by atomic mass is 32.2. The SMILES string of the molecule is Cc1ccccc1-n1c(C)nnc1SCC(=O)c1ccc(C(C)C)cc1. The minimum atomic E-state index is 0.0993. The molecule has 0 N–H and O–H groups in total. The number of carbonyl (C=O) groups excluding carboxylic acids is 1. The van der Waals surface area contributed by atoms with Crippen LogP contribution in [0.4, 0.5) is 0 Å². The van der Waals surface area contributed by atoms with Gasteiger partial charge in [-0.25, -0.2) is 0 Å². The van der Waals surface area contributed by atoms with Crippen LogP contribution in [-0.4, -0.2) is 26.3 Å². The van der Waals surface area contributed by atoms with Gasteiger partial charge in [-0.2, -0.15) is 0 Å². The number of carbonyl (C=O) groups is 1. The van der Waals surface area contributed by atoms with Crippen LogP contribution in [-0.2, 0) is 0 Å². The van der Waals surface area contributed by atoms with Crippen LogP contribution in [0.25, 0.3) is 5.69 Å². The fraction of sp³-hybridized carbons (Fsp3) is 0.286. The van der Waals surface area contributed by atoms with Gasteiger partial charge in [0.2, 0.25) is 0 Å². The van der Waals surface area contributed by atoms with E-state index in [4.69, 9.17) is 0 Å². The van der Waals surface area contributed by atoms with Gasteiger partial charge in [0.15, 0.2) is 10.9 Å². The first-order valence-corrected chi connectivity index (χ1v) is 9.70. The molecule has 0 saturated heterocycles. The lowest BCUT2D eigenvalue weighted by Crippen LogP contribution is -2.06. The molecule has 0 atom stereocenters. The summed E-state index contributed by atoms with van der Waals surface area (Å²) in [4.78, 5) is 12.5. The van der Waals surface area contributed by atoms with Gasteiger partial charge in [-0.15, -0.1) is 10.2 Å². The van der Waals surface area contributed by atoms with Crippen LogP contribution >= 0.6 is 11.8 Å². The fourth-order valence-corrected chi connectivity index (χ4v) is 3.68. The summed E-state index contributed by atoms with van der Waals surface area (Å²) in [7, 11) is 0. The summed E-state index contributed by atoms with van der Waals surface area (Å²) in [6.07, 6.45) is 0. The molecule has 0 unspecified atom stereocenters. The van der Waals surface area contributed by atoms with Crippen LogP contribution in [0, 0.1) is 13.8 Å². The zero-order valence-electron chi connectivity index (χ0n) is 15.6. The molecule has 0 aliphatic carbocycles. The van der Waals surface area contributed by atoms with Crippen molar-refractivity contribution in [2.45, 2.75) is 38.8 Å². The van der Waals surface area contributed by atoms with Crippen molar-refractivity contribution in [1.29, 1.82) is 0 Å². The van der Waals surface area contributed by atoms with Gasteiger partial charge in [0, 0.05) is 5.56 Å². The van der Waals surface area contributed by atoms with Crippen LogP contribution in [0.2, 0.25) is 0 Å². The van der Waals surface area contributed by atoms with Crippen molar-refractivity contribution in [3.8, 4) is 5.69 Å². The first-order valence-electron chi connectivity index (χ1n) is 8.71. The zero-order valence-corrected chi connectivity index (χ0v) is 16.4. The van der Waals surface area contributed by atoms with E-state index in [2.05, 4.69) is 37.0 Å². The van der Waals surface area contributed by atoms with Gasteiger partial charge < -0.3 is 0 Å². The zero-order chi connectivity index (χ0) is 18.7. The summed E-state index contributed by atoms with van der Waals surface area (Å²) in [6.45, 7) is 8.28. The van der Waals surface area contributed by atoms with Crippen LogP contribution < -0.4 is 0 Å². The topological polar surface area (TPSA) is 47.8 Å². The third-order valence-corrected chi connectivity index (χ3v) is 5.31. The van der Waals surface area contributed by atoms with Crippen molar-refractivity contribution in [3.05, 3.63) is 71.0 Å². The summed E-state index contributed by atoms with van der Waals surface area (Å²) >= 11 is 1.42. The molecule has 5 heteroatoms. The highest BCUT2D eigenvalue weighted by Crippen LogP contribution is 2.25. The number of thioether (sulfide) groups is 1.